The van der Waals surface area contributed by atoms with Crippen LogP contribution >= 0.6 is 38.9 Å². The van der Waals surface area contributed by atoms with E-state index < -0.39 is 0 Å². The molecule has 0 fully saturated rings. The predicted octanol–water partition coefficient (Wildman–Crippen LogP) is 4.90. The van der Waals surface area contributed by atoms with E-state index in [2.05, 4.69) is 15.9 Å². The molecule has 88 valence electrons. The number of Topliss-reactive ketones (excluding diaryl/α,β-unsaturated/α-hetero) is 1. The number of ketones is 1. The summed E-state index contributed by atoms with van der Waals surface area (Å²) in [7, 11) is 0. The highest BCUT2D eigenvalue weighted by Crippen LogP contribution is 2.28. The van der Waals surface area contributed by atoms with Crippen LogP contribution in [0.4, 0.5) is 0 Å². The van der Waals surface area contributed by atoms with Gasteiger partial charge in [-0.3, -0.25) is 4.79 Å². The molecule has 0 unspecified atom stereocenters. The molecule has 1 heterocycles. The Morgan fingerprint density at radius 2 is 2.12 bits per heavy atom. The highest BCUT2D eigenvalue weighted by atomic mass is 79.9. The number of thiophene rings is 1. The maximum Gasteiger partial charge on any atom is 0.177 e. The van der Waals surface area contributed by atoms with Crippen LogP contribution in [0.15, 0.2) is 34.1 Å². The van der Waals surface area contributed by atoms with Crippen LogP contribution < -0.4 is 0 Å². The van der Waals surface area contributed by atoms with Crippen LogP contribution in [0.25, 0.3) is 0 Å². The van der Waals surface area contributed by atoms with Crippen LogP contribution in [0.5, 0.6) is 0 Å². The molecule has 4 heteroatoms. The van der Waals surface area contributed by atoms with Crippen LogP contribution in [0, 0.1) is 6.92 Å². The molecule has 1 aromatic heterocycles. The lowest BCUT2D eigenvalue weighted by molar-refractivity contribution is 0.0997. The molecule has 0 aliphatic rings. The second-order valence-corrected chi connectivity index (χ2v) is 6.54. The molecule has 0 saturated heterocycles. The van der Waals surface area contributed by atoms with Gasteiger partial charge in [-0.05, 0) is 46.1 Å². The fourth-order valence-electron chi connectivity index (χ4n) is 1.50. The smallest absolute Gasteiger partial charge is 0.177 e. The van der Waals surface area contributed by atoms with Gasteiger partial charge in [0, 0.05) is 11.4 Å². The van der Waals surface area contributed by atoms with E-state index in [0.717, 1.165) is 19.8 Å². The molecular weight excluding hydrogens is 320 g/mol. The zero-order valence-electron chi connectivity index (χ0n) is 9.17. The van der Waals surface area contributed by atoms with Gasteiger partial charge in [0.2, 0.25) is 0 Å². The van der Waals surface area contributed by atoms with E-state index in [1.807, 2.05) is 31.2 Å². The van der Waals surface area contributed by atoms with Crippen LogP contribution in [0.3, 0.4) is 0 Å². The normalized spacial score (nSPS) is 10.5. The van der Waals surface area contributed by atoms with Crippen molar-refractivity contribution in [3.05, 3.63) is 55.1 Å². The van der Waals surface area contributed by atoms with Crippen LogP contribution in [0.2, 0.25) is 5.02 Å². The molecular formula is C13H10BrClOS. The Bertz CT molecular complexity index is 543. The Morgan fingerprint density at radius 1 is 1.41 bits per heavy atom. The van der Waals surface area contributed by atoms with Crippen molar-refractivity contribution in [2.45, 2.75) is 13.3 Å². The van der Waals surface area contributed by atoms with Gasteiger partial charge >= 0.3 is 0 Å². The van der Waals surface area contributed by atoms with E-state index in [9.17, 15) is 4.79 Å². The number of hydrogen-bond donors (Lipinski definition) is 0. The minimum atomic E-state index is 0.108. The summed E-state index contributed by atoms with van der Waals surface area (Å²) in [5.74, 6) is 0.108. The first kappa shape index (κ1) is 12.8. The third-order valence-electron chi connectivity index (χ3n) is 2.44. The predicted molar refractivity (Wildman–Crippen MR) is 76.2 cm³/mol. The molecule has 0 N–H and O–H groups in total. The monoisotopic (exact) mass is 328 g/mol. The SMILES string of the molecule is Cc1cc(C(=O)Cc2ccccc2Cl)sc1Br. The second-order valence-electron chi connectivity index (χ2n) is 3.76. The first-order valence-electron chi connectivity index (χ1n) is 5.10. The summed E-state index contributed by atoms with van der Waals surface area (Å²) in [6, 6.07) is 9.36. The van der Waals surface area contributed by atoms with Gasteiger partial charge in [0.05, 0.1) is 8.66 Å². The molecule has 0 amide bonds. The summed E-state index contributed by atoms with van der Waals surface area (Å²) in [5, 5.41) is 0.646. The van der Waals surface area contributed by atoms with Crippen molar-refractivity contribution in [1.82, 2.24) is 0 Å². The Labute approximate surface area is 118 Å². The largest absolute Gasteiger partial charge is 0.293 e. The van der Waals surface area contributed by atoms with E-state index >= 15 is 0 Å². The van der Waals surface area contributed by atoms with Crippen molar-refractivity contribution >= 4 is 44.7 Å². The number of hydrogen-bond acceptors (Lipinski definition) is 2. The lowest BCUT2D eigenvalue weighted by Gasteiger charge is -2.01. The van der Waals surface area contributed by atoms with Crippen LogP contribution in [-0.4, -0.2) is 5.78 Å². The molecule has 1 aromatic carbocycles. The average Bonchev–Trinajstić information content (AvgIpc) is 2.63. The molecule has 0 spiro atoms. The zero-order valence-corrected chi connectivity index (χ0v) is 12.3. The summed E-state index contributed by atoms with van der Waals surface area (Å²) in [6.45, 7) is 1.98. The van der Waals surface area contributed by atoms with Gasteiger partial charge in [-0.15, -0.1) is 11.3 Å². The van der Waals surface area contributed by atoms with Gasteiger partial charge in [0.1, 0.15) is 0 Å². The number of aryl methyl sites for hydroxylation is 1. The topological polar surface area (TPSA) is 17.1 Å². The summed E-state index contributed by atoms with van der Waals surface area (Å²) >= 11 is 10.9. The molecule has 2 rings (SSSR count). The van der Waals surface area contributed by atoms with Gasteiger partial charge in [-0.1, -0.05) is 29.8 Å². The van der Waals surface area contributed by atoms with E-state index in [1.165, 1.54) is 11.3 Å². The Morgan fingerprint density at radius 3 is 2.71 bits per heavy atom. The number of carbonyl (C=O) groups excluding carboxylic acids is 1. The highest BCUT2D eigenvalue weighted by molar-refractivity contribution is 9.11. The van der Waals surface area contributed by atoms with E-state index in [1.54, 1.807) is 6.07 Å². The number of carbonyl (C=O) groups is 1. The Kier molecular flexibility index (Phi) is 4.02. The molecule has 0 radical (unpaired) electrons. The number of halogens is 2. The lowest BCUT2D eigenvalue weighted by atomic mass is 10.1. The molecule has 0 aliphatic heterocycles. The van der Waals surface area contributed by atoms with Crippen molar-refractivity contribution in [1.29, 1.82) is 0 Å². The third kappa shape index (κ3) is 2.97. The number of benzene rings is 1. The van der Waals surface area contributed by atoms with Crippen LogP contribution in [0.1, 0.15) is 20.8 Å². The zero-order chi connectivity index (χ0) is 12.4. The maximum atomic E-state index is 12.1. The standard InChI is InChI=1S/C13H10BrClOS/c1-8-6-12(17-13(8)14)11(16)7-9-4-2-3-5-10(9)15/h2-6H,7H2,1H3. The molecule has 0 saturated carbocycles. The summed E-state index contributed by atoms with van der Waals surface area (Å²) in [6.07, 6.45) is 0.353. The van der Waals surface area contributed by atoms with Crippen molar-refractivity contribution in [2.24, 2.45) is 0 Å². The van der Waals surface area contributed by atoms with E-state index in [-0.39, 0.29) is 5.78 Å². The van der Waals surface area contributed by atoms with Gasteiger partial charge in [-0.2, -0.15) is 0 Å². The quantitative estimate of drug-likeness (QED) is 0.732. The fourth-order valence-corrected chi connectivity index (χ4v) is 3.17. The minimum Gasteiger partial charge on any atom is -0.293 e. The van der Waals surface area contributed by atoms with Crippen molar-refractivity contribution in [3.63, 3.8) is 0 Å². The number of rotatable bonds is 3. The minimum absolute atomic E-state index is 0.108. The lowest BCUT2D eigenvalue weighted by Crippen LogP contribution is -2.01. The van der Waals surface area contributed by atoms with Gasteiger partial charge in [0.25, 0.3) is 0 Å². The van der Waals surface area contributed by atoms with Crippen LogP contribution in [-0.2, 0) is 6.42 Å². The third-order valence-corrected chi connectivity index (χ3v) is 4.99. The molecule has 1 nitrogen and oxygen atoms in total. The first-order valence-corrected chi connectivity index (χ1v) is 7.09. The molecule has 17 heavy (non-hydrogen) atoms. The molecule has 0 bridgehead atoms. The van der Waals surface area contributed by atoms with Gasteiger partial charge < -0.3 is 0 Å². The maximum absolute atomic E-state index is 12.1. The second kappa shape index (κ2) is 5.34. The average molecular weight is 330 g/mol. The highest BCUT2D eigenvalue weighted by Gasteiger charge is 2.13. The van der Waals surface area contributed by atoms with E-state index in [0.29, 0.717) is 11.4 Å². The first-order chi connectivity index (χ1) is 8.08. The van der Waals surface area contributed by atoms with Gasteiger partial charge in [-0.25, -0.2) is 0 Å². The summed E-state index contributed by atoms with van der Waals surface area (Å²) in [5.41, 5.74) is 1.97. The fraction of sp³-hybridized carbons (Fsp3) is 0.154. The molecule has 2 aromatic rings. The molecule has 0 atom stereocenters. The van der Waals surface area contributed by atoms with Crippen molar-refractivity contribution in [2.75, 3.05) is 0 Å². The van der Waals surface area contributed by atoms with E-state index in [4.69, 9.17) is 11.6 Å². The Balaban J connectivity index is 2.20. The Hall–Kier alpha value is -0.640. The molecule has 0 aliphatic carbocycles. The summed E-state index contributed by atoms with van der Waals surface area (Å²) in [4.78, 5) is 12.8. The van der Waals surface area contributed by atoms with Crippen molar-refractivity contribution in [3.8, 4) is 0 Å². The van der Waals surface area contributed by atoms with Gasteiger partial charge in [0.15, 0.2) is 5.78 Å². The summed E-state index contributed by atoms with van der Waals surface area (Å²) < 4.78 is 1.01. The van der Waals surface area contributed by atoms with Crippen molar-refractivity contribution < 1.29 is 4.79 Å².